The van der Waals surface area contributed by atoms with Crippen LogP contribution in [0.2, 0.25) is 0 Å². The maximum Gasteiger partial charge on any atom is 0.306 e. The number of aromatic hydroxyl groups is 1. The van der Waals surface area contributed by atoms with Gasteiger partial charge < -0.3 is 15.5 Å². The van der Waals surface area contributed by atoms with Crippen molar-refractivity contribution >= 4 is 11.9 Å². The second-order valence-electron chi connectivity index (χ2n) is 5.21. The summed E-state index contributed by atoms with van der Waals surface area (Å²) in [6.07, 6.45) is 1.84. The number of carboxylic acids is 1. The molecule has 0 spiro atoms. The molecule has 0 aliphatic heterocycles. The Hall–Kier alpha value is -2.11. The number of amides is 1. The number of nitrogens with one attached hydrogen (secondary N) is 1. The van der Waals surface area contributed by atoms with E-state index in [2.05, 4.69) is 5.32 Å². The summed E-state index contributed by atoms with van der Waals surface area (Å²) in [5.41, 5.74) is 0.0159. The van der Waals surface area contributed by atoms with Gasteiger partial charge in [-0.15, -0.1) is 0 Å². The van der Waals surface area contributed by atoms with Crippen molar-refractivity contribution in [2.24, 2.45) is 5.92 Å². The standard InChI is InChI=1S/C15H20FNO4/c1-9(15(20)21)4-3-5-10(2)17-14(19)12-7-6-11(16)8-13(12)18/h6-10,18H,3-5H2,1-2H3,(H,17,19)(H,20,21). The van der Waals surface area contributed by atoms with Crippen molar-refractivity contribution in [1.82, 2.24) is 5.32 Å². The van der Waals surface area contributed by atoms with Gasteiger partial charge in [0.25, 0.3) is 5.91 Å². The van der Waals surface area contributed by atoms with Gasteiger partial charge >= 0.3 is 5.97 Å². The minimum Gasteiger partial charge on any atom is -0.507 e. The van der Waals surface area contributed by atoms with E-state index in [-0.39, 0.29) is 11.6 Å². The van der Waals surface area contributed by atoms with Gasteiger partial charge in [-0.2, -0.15) is 0 Å². The highest BCUT2D eigenvalue weighted by atomic mass is 19.1. The first kappa shape index (κ1) is 16.9. The van der Waals surface area contributed by atoms with Gasteiger partial charge in [0.05, 0.1) is 11.5 Å². The van der Waals surface area contributed by atoms with E-state index in [1.165, 1.54) is 6.07 Å². The van der Waals surface area contributed by atoms with Crippen LogP contribution in [-0.2, 0) is 4.79 Å². The van der Waals surface area contributed by atoms with Crippen molar-refractivity contribution in [3.63, 3.8) is 0 Å². The molecule has 5 nitrogen and oxygen atoms in total. The Morgan fingerprint density at radius 3 is 2.52 bits per heavy atom. The molecule has 0 aromatic heterocycles. The molecule has 6 heteroatoms. The molecule has 0 aliphatic rings. The van der Waals surface area contributed by atoms with Crippen LogP contribution in [0.1, 0.15) is 43.5 Å². The van der Waals surface area contributed by atoms with E-state index in [9.17, 15) is 19.1 Å². The van der Waals surface area contributed by atoms with Crippen LogP contribution >= 0.6 is 0 Å². The maximum atomic E-state index is 12.8. The number of hydrogen-bond acceptors (Lipinski definition) is 3. The van der Waals surface area contributed by atoms with Crippen molar-refractivity contribution in [3.05, 3.63) is 29.6 Å². The minimum absolute atomic E-state index is 0.0159. The average Bonchev–Trinajstić information content (AvgIpc) is 2.37. The lowest BCUT2D eigenvalue weighted by Gasteiger charge is -2.15. The molecule has 1 aromatic rings. The van der Waals surface area contributed by atoms with E-state index in [4.69, 9.17) is 5.11 Å². The lowest BCUT2D eigenvalue weighted by atomic mass is 10.0. The molecule has 1 rings (SSSR count). The van der Waals surface area contributed by atoms with Crippen LogP contribution in [-0.4, -0.2) is 28.1 Å². The fraction of sp³-hybridized carbons (Fsp3) is 0.467. The van der Waals surface area contributed by atoms with Crippen molar-refractivity contribution in [1.29, 1.82) is 0 Å². The summed E-state index contributed by atoms with van der Waals surface area (Å²) in [5, 5.41) is 21.0. The van der Waals surface area contributed by atoms with Crippen molar-refractivity contribution < 1.29 is 24.2 Å². The zero-order valence-electron chi connectivity index (χ0n) is 12.1. The smallest absolute Gasteiger partial charge is 0.306 e. The number of halogens is 1. The SMILES string of the molecule is CC(CCCC(C)C(=O)O)NC(=O)c1ccc(F)cc1O. The number of phenolic OH excluding ortho intramolecular Hbond substituents is 1. The van der Waals surface area contributed by atoms with Crippen molar-refractivity contribution in [2.75, 3.05) is 0 Å². The summed E-state index contributed by atoms with van der Waals surface area (Å²) in [4.78, 5) is 22.6. The number of hydrogen-bond donors (Lipinski definition) is 3. The Kier molecular flexibility index (Phi) is 6.14. The van der Waals surface area contributed by atoms with E-state index in [0.717, 1.165) is 12.1 Å². The van der Waals surface area contributed by atoms with E-state index in [0.29, 0.717) is 19.3 Å². The van der Waals surface area contributed by atoms with Gasteiger partial charge in [0.15, 0.2) is 0 Å². The monoisotopic (exact) mass is 297 g/mol. The fourth-order valence-corrected chi connectivity index (χ4v) is 1.92. The van der Waals surface area contributed by atoms with E-state index in [1.807, 2.05) is 0 Å². The highest BCUT2D eigenvalue weighted by molar-refractivity contribution is 5.96. The number of aliphatic carboxylic acids is 1. The summed E-state index contributed by atoms with van der Waals surface area (Å²) in [7, 11) is 0. The number of carbonyl (C=O) groups excluding carboxylic acids is 1. The molecule has 21 heavy (non-hydrogen) atoms. The van der Waals surface area contributed by atoms with Gasteiger partial charge in [-0.05, 0) is 31.9 Å². The van der Waals surface area contributed by atoms with E-state index >= 15 is 0 Å². The number of rotatable bonds is 7. The maximum absolute atomic E-state index is 12.8. The van der Waals surface area contributed by atoms with Crippen molar-refractivity contribution in [2.45, 2.75) is 39.2 Å². The Morgan fingerprint density at radius 2 is 1.95 bits per heavy atom. The third-order valence-electron chi connectivity index (χ3n) is 3.28. The first-order valence-corrected chi connectivity index (χ1v) is 6.83. The molecule has 116 valence electrons. The molecule has 0 saturated heterocycles. The van der Waals surface area contributed by atoms with Crippen molar-refractivity contribution in [3.8, 4) is 5.75 Å². The molecule has 2 unspecified atom stereocenters. The Morgan fingerprint density at radius 1 is 1.29 bits per heavy atom. The molecular weight excluding hydrogens is 277 g/mol. The third kappa shape index (κ3) is 5.41. The Bertz CT molecular complexity index is 518. The molecule has 0 aliphatic carbocycles. The first-order valence-electron chi connectivity index (χ1n) is 6.83. The predicted molar refractivity (Wildman–Crippen MR) is 75.6 cm³/mol. The summed E-state index contributed by atoms with van der Waals surface area (Å²) in [6.45, 7) is 3.44. The molecular formula is C15H20FNO4. The highest BCUT2D eigenvalue weighted by Gasteiger charge is 2.15. The number of benzene rings is 1. The van der Waals surface area contributed by atoms with Crippen LogP contribution in [0, 0.1) is 11.7 Å². The Labute approximate surface area is 122 Å². The van der Waals surface area contributed by atoms with Crippen LogP contribution in [0.15, 0.2) is 18.2 Å². The summed E-state index contributed by atoms with van der Waals surface area (Å²) >= 11 is 0. The molecule has 0 heterocycles. The number of phenols is 1. The fourth-order valence-electron chi connectivity index (χ4n) is 1.92. The molecule has 0 bridgehead atoms. The molecule has 0 fully saturated rings. The van der Waals surface area contributed by atoms with Gasteiger partial charge in [-0.1, -0.05) is 13.3 Å². The second kappa shape index (κ2) is 7.61. The van der Waals surface area contributed by atoms with Gasteiger partial charge in [0.2, 0.25) is 0 Å². The lowest BCUT2D eigenvalue weighted by molar-refractivity contribution is -0.141. The summed E-state index contributed by atoms with van der Waals surface area (Å²) < 4.78 is 12.8. The van der Waals surface area contributed by atoms with E-state index < -0.39 is 29.4 Å². The summed E-state index contributed by atoms with van der Waals surface area (Å²) in [5.74, 6) is -2.73. The second-order valence-corrected chi connectivity index (χ2v) is 5.21. The highest BCUT2D eigenvalue weighted by Crippen LogP contribution is 2.18. The molecule has 1 amide bonds. The van der Waals surface area contributed by atoms with Crippen LogP contribution in [0.4, 0.5) is 4.39 Å². The molecule has 0 saturated carbocycles. The normalized spacial score (nSPS) is 13.5. The van der Waals surface area contributed by atoms with Gasteiger partial charge in [0, 0.05) is 12.1 Å². The van der Waals surface area contributed by atoms with Gasteiger partial charge in [-0.25, -0.2) is 4.39 Å². The van der Waals surface area contributed by atoms with Crippen LogP contribution in [0.3, 0.4) is 0 Å². The largest absolute Gasteiger partial charge is 0.507 e. The Balaban J connectivity index is 2.45. The topological polar surface area (TPSA) is 86.6 Å². The lowest BCUT2D eigenvalue weighted by Crippen LogP contribution is -2.32. The quantitative estimate of drug-likeness (QED) is 0.722. The minimum atomic E-state index is -0.831. The average molecular weight is 297 g/mol. The summed E-state index contributed by atoms with van der Waals surface area (Å²) in [6, 6.07) is 3.05. The zero-order chi connectivity index (χ0) is 16.0. The molecule has 0 radical (unpaired) electrons. The van der Waals surface area contributed by atoms with Gasteiger partial charge in [0.1, 0.15) is 11.6 Å². The van der Waals surface area contributed by atoms with Gasteiger partial charge in [-0.3, -0.25) is 9.59 Å². The predicted octanol–water partition coefficient (Wildman–Crippen LogP) is 2.54. The van der Waals surface area contributed by atoms with Crippen LogP contribution in [0.5, 0.6) is 5.75 Å². The zero-order valence-corrected chi connectivity index (χ0v) is 12.1. The number of carboxylic acid groups (broad SMARTS) is 1. The number of carbonyl (C=O) groups is 2. The molecule has 3 N–H and O–H groups in total. The van der Waals surface area contributed by atoms with Crippen LogP contribution in [0.25, 0.3) is 0 Å². The van der Waals surface area contributed by atoms with E-state index in [1.54, 1.807) is 13.8 Å². The molecule has 1 aromatic carbocycles. The molecule has 2 atom stereocenters. The van der Waals surface area contributed by atoms with Crippen LogP contribution < -0.4 is 5.32 Å². The third-order valence-corrected chi connectivity index (χ3v) is 3.28. The first-order chi connectivity index (χ1) is 9.81.